The molecule has 0 aliphatic carbocycles. The van der Waals surface area contributed by atoms with Crippen LogP contribution in [0.25, 0.3) is 0 Å². The minimum Gasteiger partial charge on any atom is -0.497 e. The normalized spacial score (nSPS) is 16.9. The van der Waals surface area contributed by atoms with Crippen LogP contribution in [0, 0.1) is 6.92 Å². The van der Waals surface area contributed by atoms with Gasteiger partial charge < -0.3 is 20.5 Å². The van der Waals surface area contributed by atoms with E-state index in [4.69, 9.17) is 4.74 Å². The number of nitrogens with one attached hydrogen (secondary N) is 2. The van der Waals surface area contributed by atoms with E-state index in [1.165, 1.54) is 0 Å². The maximum absolute atomic E-state index is 12.4. The number of para-hydroxylation sites is 1. The zero-order chi connectivity index (χ0) is 17.1. The molecule has 2 aromatic carbocycles. The van der Waals surface area contributed by atoms with Gasteiger partial charge in [-0.2, -0.15) is 0 Å². The third kappa shape index (κ3) is 3.36. The summed E-state index contributed by atoms with van der Waals surface area (Å²) in [5.41, 5.74) is 4.06. The molecule has 2 aromatic rings. The molecule has 1 heterocycles. The second-order valence-electron chi connectivity index (χ2n) is 6.05. The summed E-state index contributed by atoms with van der Waals surface area (Å²) in [4.78, 5) is 12.4. The van der Waals surface area contributed by atoms with Gasteiger partial charge in [0.2, 0.25) is 5.91 Å². The highest BCUT2D eigenvalue weighted by Crippen LogP contribution is 2.29. The summed E-state index contributed by atoms with van der Waals surface area (Å²) in [5.74, 6) is 0.578. The van der Waals surface area contributed by atoms with Crippen molar-refractivity contribution in [1.29, 1.82) is 0 Å². The Balaban J connectivity index is 1.57. The van der Waals surface area contributed by atoms with Crippen molar-refractivity contribution in [2.24, 2.45) is 0 Å². The second-order valence-corrected chi connectivity index (χ2v) is 6.05. The van der Waals surface area contributed by atoms with Crippen LogP contribution in [0.2, 0.25) is 0 Å². The average Bonchev–Trinajstić information content (AvgIpc) is 3.05. The lowest BCUT2D eigenvalue weighted by Gasteiger charge is -2.16. The number of rotatable bonds is 5. The molecule has 5 nitrogen and oxygen atoms in total. The van der Waals surface area contributed by atoms with Crippen LogP contribution in [-0.2, 0) is 11.2 Å². The van der Waals surface area contributed by atoms with Crippen molar-refractivity contribution in [3.8, 4) is 5.75 Å². The molecule has 0 spiro atoms. The first-order valence-corrected chi connectivity index (χ1v) is 8.03. The monoisotopic (exact) mass is 326 g/mol. The highest BCUT2D eigenvalue weighted by molar-refractivity contribution is 5.87. The molecule has 0 radical (unpaired) electrons. The van der Waals surface area contributed by atoms with Crippen LogP contribution >= 0.6 is 0 Å². The summed E-state index contributed by atoms with van der Waals surface area (Å²) in [6.45, 7) is 2.19. The molecule has 24 heavy (non-hydrogen) atoms. The van der Waals surface area contributed by atoms with E-state index < -0.39 is 6.10 Å². The van der Waals surface area contributed by atoms with Crippen molar-refractivity contribution in [2.75, 3.05) is 19.0 Å². The minimum absolute atomic E-state index is 0.104. The average molecular weight is 326 g/mol. The smallest absolute Gasteiger partial charge is 0.242 e. The van der Waals surface area contributed by atoms with Crippen molar-refractivity contribution in [3.63, 3.8) is 0 Å². The van der Waals surface area contributed by atoms with E-state index in [1.54, 1.807) is 13.2 Å². The Bertz CT molecular complexity index is 745. The molecule has 2 atom stereocenters. The Morgan fingerprint density at radius 3 is 2.92 bits per heavy atom. The predicted molar refractivity (Wildman–Crippen MR) is 93.3 cm³/mol. The summed E-state index contributed by atoms with van der Waals surface area (Å²) in [5, 5.41) is 16.4. The standard InChI is InChI=1S/C19H22N2O3/c1-12-5-3-7-14-10-16(21-18(12)14)19(23)20-11-17(22)13-6-4-8-15(9-13)24-2/h3-9,16-17,21-22H,10-11H2,1-2H3,(H,20,23). The lowest BCUT2D eigenvalue weighted by Crippen LogP contribution is -2.40. The fourth-order valence-corrected chi connectivity index (χ4v) is 3.00. The lowest BCUT2D eigenvalue weighted by molar-refractivity contribution is -0.122. The Kier molecular flexibility index (Phi) is 4.71. The van der Waals surface area contributed by atoms with Crippen LogP contribution in [0.15, 0.2) is 42.5 Å². The SMILES string of the molecule is COc1cccc(C(O)CNC(=O)C2Cc3cccc(C)c3N2)c1. The number of ether oxygens (including phenoxy) is 1. The van der Waals surface area contributed by atoms with Gasteiger partial charge >= 0.3 is 0 Å². The first kappa shape index (κ1) is 16.3. The van der Waals surface area contributed by atoms with Crippen LogP contribution in [0.1, 0.15) is 22.8 Å². The van der Waals surface area contributed by atoms with E-state index in [1.807, 2.05) is 43.3 Å². The van der Waals surface area contributed by atoms with Gasteiger partial charge in [0.05, 0.1) is 13.2 Å². The number of aliphatic hydroxyl groups is 1. The van der Waals surface area contributed by atoms with Gasteiger partial charge in [-0.05, 0) is 35.7 Å². The van der Waals surface area contributed by atoms with Gasteiger partial charge in [-0.15, -0.1) is 0 Å². The van der Waals surface area contributed by atoms with Gasteiger partial charge in [0.25, 0.3) is 0 Å². The molecular formula is C19H22N2O3. The van der Waals surface area contributed by atoms with Crippen molar-refractivity contribution in [1.82, 2.24) is 5.32 Å². The zero-order valence-corrected chi connectivity index (χ0v) is 13.9. The van der Waals surface area contributed by atoms with Crippen LogP contribution in [0.3, 0.4) is 0 Å². The van der Waals surface area contributed by atoms with Crippen molar-refractivity contribution in [3.05, 3.63) is 59.2 Å². The summed E-state index contributed by atoms with van der Waals surface area (Å²) < 4.78 is 5.15. The molecule has 126 valence electrons. The Labute approximate surface area is 141 Å². The van der Waals surface area contributed by atoms with E-state index in [9.17, 15) is 9.90 Å². The number of methoxy groups -OCH3 is 1. The highest BCUT2D eigenvalue weighted by atomic mass is 16.5. The number of fused-ring (bicyclic) bond motifs is 1. The topological polar surface area (TPSA) is 70.6 Å². The number of aliphatic hydroxyl groups excluding tert-OH is 1. The summed E-state index contributed by atoms with van der Waals surface area (Å²) in [6.07, 6.45) is -0.104. The molecular weight excluding hydrogens is 304 g/mol. The number of carbonyl (C=O) groups excluding carboxylic acids is 1. The first-order chi connectivity index (χ1) is 11.6. The Morgan fingerprint density at radius 1 is 1.38 bits per heavy atom. The fourth-order valence-electron chi connectivity index (χ4n) is 3.00. The van der Waals surface area contributed by atoms with Gasteiger partial charge in [0, 0.05) is 18.7 Å². The van der Waals surface area contributed by atoms with Crippen LogP contribution in [-0.4, -0.2) is 30.7 Å². The summed E-state index contributed by atoms with van der Waals surface area (Å²) in [6, 6.07) is 13.0. The van der Waals surface area contributed by atoms with E-state index >= 15 is 0 Å². The van der Waals surface area contributed by atoms with Crippen molar-refractivity contribution < 1.29 is 14.6 Å². The van der Waals surface area contributed by atoms with E-state index in [2.05, 4.69) is 10.6 Å². The Morgan fingerprint density at radius 2 is 2.17 bits per heavy atom. The quantitative estimate of drug-likeness (QED) is 0.788. The fraction of sp³-hybridized carbons (Fsp3) is 0.316. The maximum Gasteiger partial charge on any atom is 0.242 e. The summed E-state index contributed by atoms with van der Waals surface area (Å²) >= 11 is 0. The Hall–Kier alpha value is -2.53. The van der Waals surface area contributed by atoms with Crippen molar-refractivity contribution >= 4 is 11.6 Å². The predicted octanol–water partition coefficient (Wildman–Crippen LogP) is 2.19. The van der Waals surface area contributed by atoms with E-state index in [0.29, 0.717) is 17.7 Å². The largest absolute Gasteiger partial charge is 0.497 e. The number of amides is 1. The number of anilines is 1. The number of hydrogen-bond acceptors (Lipinski definition) is 4. The van der Waals surface area contributed by atoms with Crippen LogP contribution < -0.4 is 15.4 Å². The lowest BCUT2D eigenvalue weighted by atomic mass is 10.1. The van der Waals surface area contributed by atoms with Gasteiger partial charge in [-0.25, -0.2) is 0 Å². The molecule has 1 aliphatic rings. The summed E-state index contributed by atoms with van der Waals surface area (Å²) in [7, 11) is 1.58. The molecule has 5 heteroatoms. The second kappa shape index (κ2) is 6.93. The molecule has 3 rings (SSSR count). The molecule has 2 unspecified atom stereocenters. The van der Waals surface area contributed by atoms with Gasteiger partial charge in [-0.1, -0.05) is 30.3 Å². The van der Waals surface area contributed by atoms with Crippen LogP contribution in [0.4, 0.5) is 5.69 Å². The molecule has 1 amide bonds. The third-order valence-corrected chi connectivity index (χ3v) is 4.37. The molecule has 0 saturated carbocycles. The van der Waals surface area contributed by atoms with Gasteiger partial charge in [0.1, 0.15) is 11.8 Å². The number of aryl methyl sites for hydroxylation is 1. The maximum atomic E-state index is 12.4. The number of hydrogen-bond donors (Lipinski definition) is 3. The van der Waals surface area contributed by atoms with Crippen LogP contribution in [0.5, 0.6) is 5.75 Å². The van der Waals surface area contributed by atoms with Gasteiger partial charge in [-0.3, -0.25) is 4.79 Å². The molecule has 3 N–H and O–H groups in total. The number of benzene rings is 2. The highest BCUT2D eigenvalue weighted by Gasteiger charge is 2.27. The number of carbonyl (C=O) groups is 1. The molecule has 0 bridgehead atoms. The van der Waals surface area contributed by atoms with Crippen molar-refractivity contribution in [2.45, 2.75) is 25.5 Å². The minimum atomic E-state index is -0.769. The third-order valence-electron chi connectivity index (χ3n) is 4.37. The van der Waals surface area contributed by atoms with Gasteiger partial charge in [0.15, 0.2) is 0 Å². The van der Waals surface area contributed by atoms with E-state index in [-0.39, 0.29) is 18.5 Å². The zero-order valence-electron chi connectivity index (χ0n) is 13.9. The molecule has 0 saturated heterocycles. The molecule has 1 aliphatic heterocycles. The first-order valence-electron chi connectivity index (χ1n) is 8.03. The molecule has 0 fully saturated rings. The van der Waals surface area contributed by atoms with E-state index in [0.717, 1.165) is 16.8 Å². The molecule has 0 aromatic heterocycles.